The first-order chi connectivity index (χ1) is 18.6. The lowest BCUT2D eigenvalue weighted by molar-refractivity contribution is -0.262. The van der Waals surface area contributed by atoms with Gasteiger partial charge in [-0.15, -0.1) is 11.8 Å². The zero-order valence-electron chi connectivity index (χ0n) is 22.0. The SMILES string of the molecule is CN(C)C(=O)c1ccc(SC2CCC3(CC2)CCN(C(=O)C(O)(c2cc(Cl)cc(Cl)c2)C(F)(F)F)CC3)cc1Cl. The first-order valence-electron chi connectivity index (χ1n) is 12.9. The number of piperidine rings is 1. The molecule has 0 bridgehead atoms. The molecule has 1 saturated carbocycles. The summed E-state index contributed by atoms with van der Waals surface area (Å²) >= 11 is 19.8. The molecule has 1 unspecified atom stereocenters. The van der Waals surface area contributed by atoms with Crippen LogP contribution in [0.2, 0.25) is 15.1 Å². The van der Waals surface area contributed by atoms with Gasteiger partial charge in [0.25, 0.3) is 17.4 Å². The number of aliphatic hydroxyl groups is 1. The molecule has 2 fully saturated rings. The quantitative estimate of drug-likeness (QED) is 0.370. The molecule has 40 heavy (non-hydrogen) atoms. The lowest BCUT2D eigenvalue weighted by Crippen LogP contribution is -2.58. The Morgan fingerprint density at radius 2 is 1.55 bits per heavy atom. The van der Waals surface area contributed by atoms with Gasteiger partial charge in [0.05, 0.1) is 10.6 Å². The Bertz CT molecular complexity index is 1250. The molecule has 0 aromatic heterocycles. The number of benzene rings is 2. The van der Waals surface area contributed by atoms with Gasteiger partial charge in [-0.1, -0.05) is 34.8 Å². The highest BCUT2D eigenvalue weighted by atomic mass is 35.5. The minimum Gasteiger partial charge on any atom is -0.368 e. The van der Waals surface area contributed by atoms with E-state index < -0.39 is 23.2 Å². The van der Waals surface area contributed by atoms with Crippen molar-refractivity contribution >= 4 is 58.4 Å². The Labute approximate surface area is 250 Å². The van der Waals surface area contributed by atoms with Crippen LogP contribution < -0.4 is 0 Å². The highest BCUT2D eigenvalue weighted by molar-refractivity contribution is 8.00. The Balaban J connectivity index is 1.38. The maximum absolute atomic E-state index is 14.1. The molecule has 1 aliphatic carbocycles. The number of nitrogens with zero attached hydrogens (tertiary/aromatic N) is 2. The molecule has 2 aliphatic rings. The molecule has 2 aromatic rings. The predicted octanol–water partition coefficient (Wildman–Crippen LogP) is 7.44. The highest BCUT2D eigenvalue weighted by Crippen LogP contribution is 2.49. The molecule has 0 radical (unpaired) electrons. The normalized spacial score (nSPS) is 19.4. The van der Waals surface area contributed by atoms with Crippen LogP contribution in [0.25, 0.3) is 0 Å². The summed E-state index contributed by atoms with van der Waals surface area (Å²) in [6, 6.07) is 8.53. The van der Waals surface area contributed by atoms with Crippen molar-refractivity contribution in [3.8, 4) is 0 Å². The van der Waals surface area contributed by atoms with Crippen molar-refractivity contribution < 1.29 is 27.9 Å². The van der Waals surface area contributed by atoms with Gasteiger partial charge in [-0.2, -0.15) is 13.2 Å². The van der Waals surface area contributed by atoms with Gasteiger partial charge in [-0.25, -0.2) is 0 Å². The number of hydrogen-bond acceptors (Lipinski definition) is 4. The third-order valence-electron chi connectivity index (χ3n) is 7.98. The van der Waals surface area contributed by atoms with E-state index in [-0.39, 0.29) is 34.5 Å². The molecule has 1 spiro atoms. The zero-order chi connectivity index (χ0) is 29.5. The van der Waals surface area contributed by atoms with Crippen LogP contribution in [-0.4, -0.2) is 65.3 Å². The third-order valence-corrected chi connectivity index (χ3v) is 10.1. The van der Waals surface area contributed by atoms with E-state index in [1.54, 1.807) is 31.9 Å². The molecule has 12 heteroatoms. The van der Waals surface area contributed by atoms with Gasteiger partial charge in [0.1, 0.15) is 0 Å². The van der Waals surface area contributed by atoms with Crippen LogP contribution in [-0.2, 0) is 10.4 Å². The number of likely N-dealkylation sites (tertiary alicyclic amines) is 1. The van der Waals surface area contributed by atoms with Crippen molar-refractivity contribution in [1.82, 2.24) is 9.80 Å². The van der Waals surface area contributed by atoms with Gasteiger partial charge in [0, 0.05) is 52.9 Å². The molecule has 1 heterocycles. The van der Waals surface area contributed by atoms with E-state index in [4.69, 9.17) is 34.8 Å². The fourth-order valence-corrected chi connectivity index (χ4v) is 7.62. The number of carbonyl (C=O) groups excluding carboxylic acids is 2. The van der Waals surface area contributed by atoms with Crippen LogP contribution in [0.3, 0.4) is 0 Å². The Morgan fingerprint density at radius 1 is 0.975 bits per heavy atom. The molecule has 1 saturated heterocycles. The maximum atomic E-state index is 14.1. The smallest absolute Gasteiger partial charge is 0.368 e. The van der Waals surface area contributed by atoms with Gasteiger partial charge in [0.15, 0.2) is 0 Å². The average Bonchev–Trinajstić information content (AvgIpc) is 2.88. The molecule has 2 aromatic carbocycles. The molecular weight excluding hydrogens is 608 g/mol. The number of halogens is 6. The van der Waals surface area contributed by atoms with Crippen molar-refractivity contribution in [1.29, 1.82) is 0 Å². The monoisotopic (exact) mass is 636 g/mol. The summed E-state index contributed by atoms with van der Waals surface area (Å²) in [5.41, 5.74) is -4.03. The van der Waals surface area contributed by atoms with Crippen molar-refractivity contribution in [2.45, 2.75) is 60.4 Å². The number of thioether (sulfide) groups is 1. The van der Waals surface area contributed by atoms with Crippen LogP contribution in [0, 0.1) is 5.41 Å². The maximum Gasteiger partial charge on any atom is 0.430 e. The Morgan fingerprint density at radius 3 is 2.05 bits per heavy atom. The standard InChI is InChI=1S/C28H30Cl3F3N2O3S/c1-35(2)24(37)22-4-3-21(16-23(22)31)40-20-5-7-26(8-6-20)9-11-36(12-10-26)25(38)27(39,28(32,33)34)17-13-18(29)15-19(30)14-17/h3-4,13-16,20,39H,5-12H2,1-2H3. The third kappa shape index (κ3) is 6.38. The van der Waals surface area contributed by atoms with Gasteiger partial charge < -0.3 is 14.9 Å². The summed E-state index contributed by atoms with van der Waals surface area (Å²) in [6.45, 7) is 0.251. The van der Waals surface area contributed by atoms with Gasteiger partial charge in [0.2, 0.25) is 0 Å². The highest BCUT2D eigenvalue weighted by Gasteiger charge is 2.62. The Kier molecular flexibility index (Phi) is 9.32. The molecule has 218 valence electrons. The van der Waals surface area contributed by atoms with E-state index in [0.717, 1.165) is 47.6 Å². The number of alkyl halides is 3. The van der Waals surface area contributed by atoms with Crippen LogP contribution in [0.4, 0.5) is 13.2 Å². The van der Waals surface area contributed by atoms with Crippen LogP contribution in [0.1, 0.15) is 54.4 Å². The second-order valence-electron chi connectivity index (χ2n) is 10.8. The van der Waals surface area contributed by atoms with E-state index in [9.17, 15) is 27.9 Å². The molecule has 4 rings (SSSR count). The molecule has 1 N–H and O–H groups in total. The molecule has 1 aliphatic heterocycles. The number of rotatable bonds is 5. The van der Waals surface area contributed by atoms with E-state index in [1.807, 2.05) is 12.1 Å². The van der Waals surface area contributed by atoms with Crippen molar-refractivity contribution in [3.05, 3.63) is 62.6 Å². The van der Waals surface area contributed by atoms with E-state index >= 15 is 0 Å². The van der Waals surface area contributed by atoms with Crippen molar-refractivity contribution in [2.24, 2.45) is 5.41 Å². The van der Waals surface area contributed by atoms with E-state index in [2.05, 4.69) is 0 Å². The van der Waals surface area contributed by atoms with Crippen molar-refractivity contribution in [3.63, 3.8) is 0 Å². The largest absolute Gasteiger partial charge is 0.430 e. The van der Waals surface area contributed by atoms with Gasteiger partial charge in [-0.3, -0.25) is 9.59 Å². The van der Waals surface area contributed by atoms with Crippen molar-refractivity contribution in [2.75, 3.05) is 27.2 Å². The van der Waals surface area contributed by atoms with Gasteiger partial charge in [-0.05, 0) is 80.3 Å². The molecule has 1 atom stereocenters. The fourth-order valence-electron chi connectivity index (χ4n) is 5.58. The molecule has 2 amide bonds. The first kappa shape index (κ1) is 31.3. The Hall–Kier alpha value is -1.65. The van der Waals surface area contributed by atoms with E-state index in [1.165, 1.54) is 11.0 Å². The van der Waals surface area contributed by atoms with Crippen LogP contribution >= 0.6 is 46.6 Å². The first-order valence-corrected chi connectivity index (χ1v) is 14.9. The predicted molar refractivity (Wildman–Crippen MR) is 152 cm³/mol. The summed E-state index contributed by atoms with van der Waals surface area (Å²) in [4.78, 5) is 29.0. The molecular formula is C28H30Cl3F3N2O3S. The summed E-state index contributed by atoms with van der Waals surface area (Å²) in [7, 11) is 3.34. The second-order valence-corrected chi connectivity index (χ2v) is 13.5. The number of hydrogen-bond donors (Lipinski definition) is 1. The van der Waals surface area contributed by atoms with Crippen LogP contribution in [0.5, 0.6) is 0 Å². The lowest BCUT2D eigenvalue weighted by atomic mass is 9.68. The minimum absolute atomic E-state index is 0.0524. The fraction of sp³-hybridized carbons (Fsp3) is 0.500. The number of amides is 2. The average molecular weight is 638 g/mol. The minimum atomic E-state index is -5.26. The van der Waals surface area contributed by atoms with Crippen LogP contribution in [0.15, 0.2) is 41.3 Å². The summed E-state index contributed by atoms with van der Waals surface area (Å²) in [6.07, 6.45) is -0.509. The lowest BCUT2D eigenvalue weighted by Gasteiger charge is -2.47. The number of carbonyl (C=O) groups is 2. The zero-order valence-corrected chi connectivity index (χ0v) is 25.1. The summed E-state index contributed by atoms with van der Waals surface area (Å²) in [5.74, 6) is -1.57. The summed E-state index contributed by atoms with van der Waals surface area (Å²) in [5, 5.41) is 11.3. The molecule has 5 nitrogen and oxygen atoms in total. The second kappa shape index (κ2) is 11.9. The van der Waals surface area contributed by atoms with E-state index in [0.29, 0.717) is 28.7 Å². The summed E-state index contributed by atoms with van der Waals surface area (Å²) < 4.78 is 42.4. The van der Waals surface area contributed by atoms with Gasteiger partial charge >= 0.3 is 6.18 Å². The topological polar surface area (TPSA) is 60.9 Å².